The smallest absolute Gasteiger partial charge is 0.339 e. The first-order chi connectivity index (χ1) is 10.4. The van der Waals surface area contributed by atoms with Crippen LogP contribution in [0.15, 0.2) is 24.3 Å². The van der Waals surface area contributed by atoms with Crippen LogP contribution in [0, 0.1) is 0 Å². The van der Waals surface area contributed by atoms with E-state index in [-0.39, 0.29) is 0 Å². The molecule has 0 N–H and O–H groups in total. The minimum atomic E-state index is -0.605. The van der Waals surface area contributed by atoms with E-state index in [1.165, 1.54) is 6.07 Å². The molecule has 1 aromatic carbocycles. The molecule has 0 saturated heterocycles. The molecule has 0 radical (unpaired) electrons. The lowest BCUT2D eigenvalue weighted by atomic mass is 10.0. The number of hydrogen-bond donors (Lipinski definition) is 0. The second-order valence-corrected chi connectivity index (χ2v) is 7.31. The number of ether oxygens (including phenoxy) is 2. The summed E-state index contributed by atoms with van der Waals surface area (Å²) in [7, 11) is 0. The number of rotatable bonds is 3. The molecule has 0 heterocycles. The minimum Gasteiger partial charge on any atom is -0.456 e. The largest absolute Gasteiger partial charge is 0.456 e. The Kier molecular flexibility index (Phi) is 5.75. The Labute approximate surface area is 138 Å². The normalized spacial score (nSPS) is 12.3. The zero-order chi connectivity index (χ0) is 17.8. The van der Waals surface area contributed by atoms with Gasteiger partial charge in [-0.25, -0.2) is 9.59 Å². The first-order valence-electron chi connectivity index (χ1n) is 7.66. The Morgan fingerprint density at radius 3 is 1.91 bits per heavy atom. The SMILES string of the molecule is C/C=C/c1ccc(C(=O)OC(C)(C)C)cc1C(=O)OC(C)(C)C. The highest BCUT2D eigenvalue weighted by atomic mass is 16.6. The van der Waals surface area contributed by atoms with Crippen LogP contribution in [0.25, 0.3) is 6.08 Å². The van der Waals surface area contributed by atoms with Crippen molar-refractivity contribution in [3.8, 4) is 0 Å². The maximum atomic E-state index is 12.4. The summed E-state index contributed by atoms with van der Waals surface area (Å²) in [5.41, 5.74) is 0.182. The van der Waals surface area contributed by atoms with Crippen LogP contribution in [0.3, 0.4) is 0 Å². The molecule has 4 heteroatoms. The predicted octanol–water partition coefficient (Wildman–Crippen LogP) is 4.63. The van der Waals surface area contributed by atoms with Gasteiger partial charge in [-0.2, -0.15) is 0 Å². The van der Waals surface area contributed by atoms with E-state index in [2.05, 4.69) is 0 Å². The molecule has 126 valence electrons. The summed E-state index contributed by atoms with van der Waals surface area (Å²) in [6.07, 6.45) is 3.63. The van der Waals surface area contributed by atoms with Crippen molar-refractivity contribution in [3.63, 3.8) is 0 Å². The minimum absolute atomic E-state index is 0.328. The molecule has 23 heavy (non-hydrogen) atoms. The summed E-state index contributed by atoms with van der Waals surface area (Å²) in [5.74, 6) is -0.926. The predicted molar refractivity (Wildman–Crippen MR) is 91.5 cm³/mol. The van der Waals surface area contributed by atoms with Gasteiger partial charge >= 0.3 is 11.9 Å². The van der Waals surface area contributed by atoms with Crippen molar-refractivity contribution in [3.05, 3.63) is 41.0 Å². The topological polar surface area (TPSA) is 52.6 Å². The molecule has 0 aliphatic rings. The van der Waals surface area contributed by atoms with E-state index in [0.717, 1.165) is 0 Å². The van der Waals surface area contributed by atoms with E-state index >= 15 is 0 Å². The highest BCUT2D eigenvalue weighted by Gasteiger charge is 2.23. The quantitative estimate of drug-likeness (QED) is 0.762. The van der Waals surface area contributed by atoms with Crippen molar-refractivity contribution >= 4 is 18.0 Å². The Hall–Kier alpha value is -2.10. The maximum absolute atomic E-state index is 12.4. The highest BCUT2D eigenvalue weighted by Crippen LogP contribution is 2.20. The van der Waals surface area contributed by atoms with Crippen molar-refractivity contribution in [2.45, 2.75) is 59.7 Å². The van der Waals surface area contributed by atoms with Gasteiger partial charge in [-0.05, 0) is 66.2 Å². The van der Waals surface area contributed by atoms with Crippen molar-refractivity contribution < 1.29 is 19.1 Å². The third-order valence-corrected chi connectivity index (χ3v) is 2.65. The van der Waals surface area contributed by atoms with Crippen LogP contribution in [0.2, 0.25) is 0 Å². The van der Waals surface area contributed by atoms with E-state index in [0.29, 0.717) is 16.7 Å². The standard InChI is InChI=1S/C19H26O4/c1-8-9-13-10-11-14(16(20)22-18(2,3)4)12-15(13)17(21)23-19(5,6)7/h8-12H,1-7H3/b9-8+. The van der Waals surface area contributed by atoms with Crippen LogP contribution in [-0.2, 0) is 9.47 Å². The van der Waals surface area contributed by atoms with Crippen LogP contribution >= 0.6 is 0 Å². The molecule has 0 aromatic heterocycles. The van der Waals surface area contributed by atoms with Crippen molar-refractivity contribution in [2.75, 3.05) is 0 Å². The van der Waals surface area contributed by atoms with Crippen molar-refractivity contribution in [2.24, 2.45) is 0 Å². The lowest BCUT2D eigenvalue weighted by Gasteiger charge is -2.21. The molecule has 0 saturated carbocycles. The maximum Gasteiger partial charge on any atom is 0.339 e. The van der Waals surface area contributed by atoms with Gasteiger partial charge in [-0.3, -0.25) is 0 Å². The highest BCUT2D eigenvalue weighted by molar-refractivity contribution is 5.98. The zero-order valence-corrected chi connectivity index (χ0v) is 15.0. The van der Waals surface area contributed by atoms with E-state index < -0.39 is 23.1 Å². The fourth-order valence-corrected chi connectivity index (χ4v) is 1.86. The van der Waals surface area contributed by atoms with Gasteiger partial charge < -0.3 is 9.47 Å². The van der Waals surface area contributed by atoms with Crippen LogP contribution in [0.1, 0.15) is 74.7 Å². The summed E-state index contributed by atoms with van der Waals surface area (Å²) in [6.45, 7) is 12.7. The average molecular weight is 318 g/mol. The number of allylic oxidation sites excluding steroid dienone is 1. The molecule has 0 bridgehead atoms. The number of hydrogen-bond acceptors (Lipinski definition) is 4. The van der Waals surface area contributed by atoms with Crippen LogP contribution < -0.4 is 0 Å². The molecule has 1 aromatic rings. The summed E-state index contributed by atoms with van der Waals surface area (Å²) >= 11 is 0. The molecule has 4 nitrogen and oxygen atoms in total. The van der Waals surface area contributed by atoms with E-state index in [4.69, 9.17) is 9.47 Å². The molecule has 0 aliphatic carbocycles. The third-order valence-electron chi connectivity index (χ3n) is 2.65. The second-order valence-electron chi connectivity index (χ2n) is 7.31. The Morgan fingerprint density at radius 2 is 1.43 bits per heavy atom. The molecule has 0 atom stereocenters. The number of benzene rings is 1. The van der Waals surface area contributed by atoms with Crippen LogP contribution in [0.5, 0.6) is 0 Å². The van der Waals surface area contributed by atoms with Gasteiger partial charge in [0.05, 0.1) is 11.1 Å². The second kappa shape index (κ2) is 6.99. The fourth-order valence-electron chi connectivity index (χ4n) is 1.86. The average Bonchev–Trinajstić information content (AvgIpc) is 2.35. The number of carbonyl (C=O) groups is 2. The lowest BCUT2D eigenvalue weighted by molar-refractivity contribution is 0.00675. The van der Waals surface area contributed by atoms with Crippen LogP contribution in [-0.4, -0.2) is 23.1 Å². The molecule has 0 unspecified atom stereocenters. The van der Waals surface area contributed by atoms with Crippen LogP contribution in [0.4, 0.5) is 0 Å². The molecule has 0 amide bonds. The molecule has 1 rings (SSSR count). The van der Waals surface area contributed by atoms with Gasteiger partial charge in [0.15, 0.2) is 0 Å². The molecule has 0 spiro atoms. The molecular weight excluding hydrogens is 292 g/mol. The van der Waals surface area contributed by atoms with Crippen molar-refractivity contribution in [1.29, 1.82) is 0 Å². The number of carbonyl (C=O) groups excluding carboxylic acids is 2. The molecule has 0 fully saturated rings. The molecule has 0 aliphatic heterocycles. The first kappa shape index (κ1) is 18.9. The summed E-state index contributed by atoms with van der Waals surface area (Å²) in [4.78, 5) is 24.6. The van der Waals surface area contributed by atoms with Gasteiger partial charge in [0.1, 0.15) is 11.2 Å². The van der Waals surface area contributed by atoms with E-state index in [1.807, 2.05) is 13.0 Å². The summed E-state index contributed by atoms with van der Waals surface area (Å²) in [5, 5.41) is 0. The van der Waals surface area contributed by atoms with Gasteiger partial charge in [-0.15, -0.1) is 0 Å². The van der Waals surface area contributed by atoms with Gasteiger partial charge in [0.2, 0.25) is 0 Å². The Bertz CT molecular complexity index is 613. The summed E-state index contributed by atoms with van der Waals surface area (Å²) < 4.78 is 10.8. The van der Waals surface area contributed by atoms with Gasteiger partial charge in [0, 0.05) is 0 Å². The zero-order valence-electron chi connectivity index (χ0n) is 15.0. The number of esters is 2. The Morgan fingerprint density at radius 1 is 0.913 bits per heavy atom. The third kappa shape index (κ3) is 6.27. The fraction of sp³-hybridized carbons (Fsp3) is 0.474. The summed E-state index contributed by atoms with van der Waals surface area (Å²) in [6, 6.07) is 4.90. The molecular formula is C19H26O4. The van der Waals surface area contributed by atoms with Crippen molar-refractivity contribution in [1.82, 2.24) is 0 Å². The van der Waals surface area contributed by atoms with Gasteiger partial charge in [-0.1, -0.05) is 18.2 Å². The first-order valence-corrected chi connectivity index (χ1v) is 7.66. The Balaban J connectivity index is 3.22. The van der Waals surface area contributed by atoms with Gasteiger partial charge in [0.25, 0.3) is 0 Å². The van der Waals surface area contributed by atoms with E-state index in [1.54, 1.807) is 59.8 Å². The lowest BCUT2D eigenvalue weighted by Crippen LogP contribution is -2.25. The monoisotopic (exact) mass is 318 g/mol. The van der Waals surface area contributed by atoms with E-state index in [9.17, 15) is 9.59 Å².